The van der Waals surface area contributed by atoms with Gasteiger partial charge in [0.05, 0.1) is 0 Å². The van der Waals surface area contributed by atoms with Gasteiger partial charge in [0.1, 0.15) is 0 Å². The standard InChI is InChI=1S/C10H19O.CH3.V/c1-8-6-5-7-11-9(8)10(2,3)4;;/h8-9H,1,5-7H2,2-4H3;1H3;/q2*-1;+2. The van der Waals surface area contributed by atoms with Gasteiger partial charge in [-0.15, -0.1) is 5.92 Å². The predicted molar refractivity (Wildman–Crippen MR) is 53.7 cm³/mol. The summed E-state index contributed by atoms with van der Waals surface area (Å²) >= 11 is 0. The molecule has 1 aliphatic heterocycles. The van der Waals surface area contributed by atoms with E-state index < -0.39 is 0 Å². The largest absolute Gasteiger partial charge is 2.00 e. The first-order valence-corrected chi connectivity index (χ1v) is 4.46. The summed E-state index contributed by atoms with van der Waals surface area (Å²) in [5, 5.41) is 0. The summed E-state index contributed by atoms with van der Waals surface area (Å²) in [6.07, 6.45) is 2.76. The molecular weight excluding hydrogens is 199 g/mol. The van der Waals surface area contributed by atoms with E-state index in [1.807, 2.05) is 0 Å². The molecule has 1 fully saturated rings. The Bertz CT molecular complexity index is 129. The monoisotopic (exact) mass is 221 g/mol. The first-order valence-electron chi connectivity index (χ1n) is 4.46. The minimum absolute atomic E-state index is 0. The van der Waals surface area contributed by atoms with Gasteiger partial charge < -0.3 is 19.1 Å². The van der Waals surface area contributed by atoms with Gasteiger partial charge in [-0.1, -0.05) is 27.2 Å². The molecule has 0 bridgehead atoms. The molecule has 0 spiro atoms. The van der Waals surface area contributed by atoms with E-state index in [4.69, 9.17) is 4.74 Å². The maximum absolute atomic E-state index is 5.69. The van der Waals surface area contributed by atoms with Crippen LogP contribution in [0.15, 0.2) is 0 Å². The van der Waals surface area contributed by atoms with Crippen LogP contribution in [0.5, 0.6) is 0 Å². The van der Waals surface area contributed by atoms with Crippen molar-refractivity contribution in [1.29, 1.82) is 0 Å². The molecule has 1 heterocycles. The van der Waals surface area contributed by atoms with Gasteiger partial charge in [-0.3, -0.25) is 0 Å². The molecule has 0 aliphatic carbocycles. The van der Waals surface area contributed by atoms with Gasteiger partial charge in [-0.25, -0.2) is 0 Å². The molecule has 0 amide bonds. The molecule has 2 unspecified atom stereocenters. The Balaban J connectivity index is 0. The third-order valence-electron chi connectivity index (χ3n) is 2.30. The SMILES string of the molecule is [CH2-]C1CCCOC1C(C)(C)C.[CH3-].[V+2]. The number of ether oxygens (including phenoxy) is 1. The van der Waals surface area contributed by atoms with Crippen LogP contribution in [-0.4, -0.2) is 12.7 Å². The van der Waals surface area contributed by atoms with Crippen LogP contribution in [0, 0.1) is 25.7 Å². The van der Waals surface area contributed by atoms with Gasteiger partial charge in [0, 0.05) is 12.7 Å². The Labute approximate surface area is 95.5 Å². The second kappa shape index (κ2) is 6.11. The average Bonchev–Trinajstić information content (AvgIpc) is 1.86. The molecule has 0 aromatic rings. The van der Waals surface area contributed by atoms with E-state index in [-0.39, 0.29) is 31.4 Å². The van der Waals surface area contributed by atoms with Gasteiger partial charge in [0.15, 0.2) is 0 Å². The van der Waals surface area contributed by atoms with Crippen molar-refractivity contribution in [2.75, 3.05) is 6.61 Å². The van der Waals surface area contributed by atoms with Crippen molar-refractivity contribution in [3.63, 3.8) is 0 Å². The van der Waals surface area contributed by atoms with Crippen molar-refractivity contribution in [1.82, 2.24) is 0 Å². The zero-order valence-electron chi connectivity index (χ0n) is 9.34. The van der Waals surface area contributed by atoms with Crippen LogP contribution in [0.4, 0.5) is 0 Å². The quantitative estimate of drug-likeness (QED) is 0.571. The Morgan fingerprint density at radius 3 is 2.15 bits per heavy atom. The van der Waals surface area contributed by atoms with Crippen molar-refractivity contribution in [3.8, 4) is 0 Å². The van der Waals surface area contributed by atoms with Gasteiger partial charge in [0.2, 0.25) is 0 Å². The second-order valence-electron chi connectivity index (χ2n) is 4.56. The Kier molecular flexibility index (Phi) is 7.51. The minimum Gasteiger partial charge on any atom is -0.380 e. The Hall–Kier alpha value is 0.544. The maximum Gasteiger partial charge on any atom is 2.00 e. The number of rotatable bonds is 0. The van der Waals surface area contributed by atoms with Crippen LogP contribution >= 0.6 is 0 Å². The van der Waals surface area contributed by atoms with Crippen LogP contribution < -0.4 is 0 Å². The van der Waals surface area contributed by atoms with Crippen molar-refractivity contribution in [2.24, 2.45) is 11.3 Å². The van der Waals surface area contributed by atoms with Gasteiger partial charge in [-0.2, -0.15) is 0 Å². The second-order valence-corrected chi connectivity index (χ2v) is 4.56. The first kappa shape index (κ1) is 16.0. The maximum atomic E-state index is 5.69. The zero-order chi connectivity index (χ0) is 8.48. The first-order chi connectivity index (χ1) is 5.02. The molecule has 2 heteroatoms. The van der Waals surface area contributed by atoms with E-state index in [2.05, 4.69) is 27.7 Å². The summed E-state index contributed by atoms with van der Waals surface area (Å²) in [5.41, 5.74) is 0.257. The van der Waals surface area contributed by atoms with Crippen LogP contribution in [0.2, 0.25) is 0 Å². The molecule has 1 radical (unpaired) electrons. The average molecular weight is 221 g/mol. The van der Waals surface area contributed by atoms with E-state index >= 15 is 0 Å². The van der Waals surface area contributed by atoms with Crippen molar-refractivity contribution in [3.05, 3.63) is 14.4 Å². The van der Waals surface area contributed by atoms with E-state index in [9.17, 15) is 0 Å². The van der Waals surface area contributed by atoms with Crippen molar-refractivity contribution in [2.45, 2.75) is 39.7 Å². The summed E-state index contributed by atoms with van der Waals surface area (Å²) in [6.45, 7) is 11.7. The molecule has 1 nitrogen and oxygen atoms in total. The van der Waals surface area contributed by atoms with Gasteiger partial charge in [0.25, 0.3) is 0 Å². The fourth-order valence-corrected chi connectivity index (χ4v) is 1.80. The summed E-state index contributed by atoms with van der Waals surface area (Å²) in [6, 6.07) is 0. The summed E-state index contributed by atoms with van der Waals surface area (Å²) in [7, 11) is 0. The van der Waals surface area contributed by atoms with Gasteiger partial charge in [-0.05, 0) is 11.8 Å². The molecule has 2 atom stereocenters. The van der Waals surface area contributed by atoms with Crippen LogP contribution in [0.3, 0.4) is 0 Å². The third kappa shape index (κ3) is 4.53. The summed E-state index contributed by atoms with van der Waals surface area (Å²) < 4.78 is 5.69. The molecule has 1 saturated heterocycles. The molecule has 77 valence electrons. The predicted octanol–water partition coefficient (Wildman–Crippen LogP) is 3.11. The smallest absolute Gasteiger partial charge is 0.380 e. The van der Waals surface area contributed by atoms with Crippen molar-refractivity contribution >= 4 is 0 Å². The number of hydrogen-bond acceptors (Lipinski definition) is 1. The third-order valence-corrected chi connectivity index (χ3v) is 2.30. The van der Waals surface area contributed by atoms with Crippen LogP contribution in [-0.2, 0) is 23.3 Å². The molecule has 0 aromatic heterocycles. The Morgan fingerprint density at radius 1 is 1.31 bits per heavy atom. The Morgan fingerprint density at radius 2 is 1.85 bits per heavy atom. The summed E-state index contributed by atoms with van der Waals surface area (Å²) in [5.74, 6) is 0.490. The van der Waals surface area contributed by atoms with E-state index in [0.29, 0.717) is 12.0 Å². The molecular formula is C11H22OV. The van der Waals surface area contributed by atoms with Crippen LogP contribution in [0.1, 0.15) is 33.6 Å². The fraction of sp³-hybridized carbons (Fsp3) is 0.818. The van der Waals surface area contributed by atoms with Crippen LogP contribution in [0.25, 0.3) is 0 Å². The van der Waals surface area contributed by atoms with E-state index in [1.54, 1.807) is 0 Å². The molecule has 13 heavy (non-hydrogen) atoms. The summed E-state index contributed by atoms with van der Waals surface area (Å²) in [4.78, 5) is 0. The molecule has 1 aliphatic rings. The normalized spacial score (nSPS) is 28.6. The van der Waals surface area contributed by atoms with E-state index in [1.165, 1.54) is 12.8 Å². The molecule has 0 N–H and O–H groups in total. The zero-order valence-corrected chi connectivity index (χ0v) is 10.7. The minimum atomic E-state index is 0. The van der Waals surface area contributed by atoms with E-state index in [0.717, 1.165) is 6.61 Å². The molecule has 0 aromatic carbocycles. The van der Waals surface area contributed by atoms with Crippen molar-refractivity contribution < 1.29 is 23.3 Å². The van der Waals surface area contributed by atoms with Gasteiger partial charge >= 0.3 is 18.6 Å². The fourth-order valence-electron chi connectivity index (χ4n) is 1.80. The number of hydrogen-bond donors (Lipinski definition) is 0. The molecule has 0 saturated carbocycles. The molecule has 1 rings (SSSR count). The topological polar surface area (TPSA) is 9.23 Å².